The number of rotatable bonds is 5. The lowest BCUT2D eigenvalue weighted by molar-refractivity contribution is -0.162. The first-order valence-corrected chi connectivity index (χ1v) is 6.68. The molecule has 0 saturated carbocycles. The molecule has 1 rings (SSSR count). The van der Waals surface area contributed by atoms with Gasteiger partial charge in [0.1, 0.15) is 11.8 Å². The molecule has 1 atom stereocenters. The predicted molar refractivity (Wildman–Crippen MR) is 78.3 cm³/mol. The smallest absolute Gasteiger partial charge is 0.408 e. The van der Waals surface area contributed by atoms with Crippen LogP contribution in [0.2, 0.25) is 0 Å². The third-order valence-electron chi connectivity index (χ3n) is 3.03. The first-order valence-electron chi connectivity index (χ1n) is 6.68. The molecule has 0 aliphatic carbocycles. The highest BCUT2D eigenvalue weighted by atomic mass is 19.4. The zero-order chi connectivity index (χ0) is 17.8. The van der Waals surface area contributed by atoms with Gasteiger partial charge < -0.3 is 21.1 Å². The standard InChI is InChI=1S/C14H18F3N3O3/c1-7(2)11(14(15,16)17)20-13(22)19-8-4-5-10(23-3)9(6-8)12(18)21/h4-7,11H,1-3H3,(H2,18,21)(H2,19,20,22)/t11-/m1/s1. The number of amides is 3. The van der Waals surface area contributed by atoms with E-state index in [2.05, 4.69) is 5.32 Å². The van der Waals surface area contributed by atoms with Crippen LogP contribution in [0.3, 0.4) is 0 Å². The minimum Gasteiger partial charge on any atom is -0.496 e. The maximum absolute atomic E-state index is 12.8. The van der Waals surface area contributed by atoms with Gasteiger partial charge in [0.25, 0.3) is 5.91 Å². The maximum Gasteiger partial charge on any atom is 0.408 e. The molecule has 0 heterocycles. The van der Waals surface area contributed by atoms with E-state index in [-0.39, 0.29) is 17.0 Å². The number of urea groups is 1. The minimum absolute atomic E-state index is 0.00142. The van der Waals surface area contributed by atoms with Crippen molar-refractivity contribution in [1.82, 2.24) is 5.32 Å². The van der Waals surface area contributed by atoms with E-state index in [1.807, 2.05) is 5.32 Å². The lowest BCUT2D eigenvalue weighted by Crippen LogP contribution is -2.50. The third kappa shape index (κ3) is 5.04. The molecular weight excluding hydrogens is 315 g/mol. The van der Waals surface area contributed by atoms with Gasteiger partial charge in [0.2, 0.25) is 0 Å². The molecule has 128 valence electrons. The van der Waals surface area contributed by atoms with Crippen LogP contribution in [0.4, 0.5) is 23.7 Å². The summed E-state index contributed by atoms with van der Waals surface area (Å²) < 4.78 is 43.4. The molecule has 0 spiro atoms. The summed E-state index contributed by atoms with van der Waals surface area (Å²) in [6.07, 6.45) is -4.57. The van der Waals surface area contributed by atoms with Gasteiger partial charge in [-0.3, -0.25) is 4.79 Å². The number of nitrogens with one attached hydrogen (secondary N) is 2. The number of halogens is 3. The van der Waals surface area contributed by atoms with Crippen molar-refractivity contribution in [2.75, 3.05) is 12.4 Å². The summed E-state index contributed by atoms with van der Waals surface area (Å²) in [5, 5.41) is 4.09. The summed E-state index contributed by atoms with van der Waals surface area (Å²) in [7, 11) is 1.33. The van der Waals surface area contributed by atoms with Gasteiger partial charge in [0, 0.05) is 5.69 Å². The molecule has 1 aromatic rings. The number of carbonyl (C=O) groups is 2. The fraction of sp³-hybridized carbons (Fsp3) is 0.429. The van der Waals surface area contributed by atoms with Crippen LogP contribution >= 0.6 is 0 Å². The number of benzene rings is 1. The molecule has 1 aromatic carbocycles. The number of carbonyl (C=O) groups excluding carboxylic acids is 2. The van der Waals surface area contributed by atoms with E-state index >= 15 is 0 Å². The quantitative estimate of drug-likeness (QED) is 0.773. The Bertz CT molecular complexity index is 588. The van der Waals surface area contributed by atoms with E-state index in [1.54, 1.807) is 0 Å². The molecule has 0 saturated heterocycles. The Labute approximate surface area is 131 Å². The summed E-state index contributed by atoms with van der Waals surface area (Å²) >= 11 is 0. The van der Waals surface area contributed by atoms with Crippen molar-refractivity contribution >= 4 is 17.6 Å². The SMILES string of the molecule is COc1ccc(NC(=O)N[C@H](C(C)C)C(F)(F)F)cc1C(N)=O. The van der Waals surface area contributed by atoms with Gasteiger partial charge in [-0.05, 0) is 24.1 Å². The summed E-state index contributed by atoms with van der Waals surface area (Å²) in [4.78, 5) is 23.0. The van der Waals surface area contributed by atoms with Crippen molar-refractivity contribution in [3.63, 3.8) is 0 Å². The van der Waals surface area contributed by atoms with Gasteiger partial charge in [-0.15, -0.1) is 0 Å². The molecule has 0 fully saturated rings. The molecule has 6 nitrogen and oxygen atoms in total. The number of methoxy groups -OCH3 is 1. The van der Waals surface area contributed by atoms with Crippen LogP contribution in [0.5, 0.6) is 5.75 Å². The second-order valence-corrected chi connectivity index (χ2v) is 5.14. The molecule has 3 amide bonds. The zero-order valence-corrected chi connectivity index (χ0v) is 12.8. The lowest BCUT2D eigenvalue weighted by atomic mass is 10.0. The number of nitrogens with two attached hydrogens (primary N) is 1. The number of primary amides is 1. The Morgan fingerprint density at radius 3 is 2.30 bits per heavy atom. The largest absolute Gasteiger partial charge is 0.496 e. The molecule has 0 aliphatic heterocycles. The number of alkyl halides is 3. The topological polar surface area (TPSA) is 93.4 Å². The van der Waals surface area contributed by atoms with Crippen LogP contribution in [0.1, 0.15) is 24.2 Å². The van der Waals surface area contributed by atoms with Crippen LogP contribution in [0, 0.1) is 5.92 Å². The molecule has 0 aromatic heterocycles. The monoisotopic (exact) mass is 333 g/mol. The van der Waals surface area contributed by atoms with Crippen molar-refractivity contribution in [2.24, 2.45) is 11.7 Å². The first kappa shape index (κ1) is 18.6. The van der Waals surface area contributed by atoms with Crippen LogP contribution in [-0.4, -0.2) is 31.3 Å². The Morgan fingerprint density at radius 2 is 1.87 bits per heavy atom. The molecule has 23 heavy (non-hydrogen) atoms. The average molecular weight is 333 g/mol. The molecule has 0 unspecified atom stereocenters. The van der Waals surface area contributed by atoms with Crippen LogP contribution in [0.15, 0.2) is 18.2 Å². The fourth-order valence-electron chi connectivity index (χ4n) is 1.91. The van der Waals surface area contributed by atoms with Gasteiger partial charge in [-0.2, -0.15) is 13.2 Å². The molecule has 0 bridgehead atoms. The summed E-state index contributed by atoms with van der Waals surface area (Å²) in [5.41, 5.74) is 5.29. The molecular formula is C14H18F3N3O3. The number of hydrogen-bond acceptors (Lipinski definition) is 3. The predicted octanol–water partition coefficient (Wildman–Crippen LogP) is 2.50. The Balaban J connectivity index is 2.89. The third-order valence-corrected chi connectivity index (χ3v) is 3.03. The number of hydrogen-bond donors (Lipinski definition) is 3. The van der Waals surface area contributed by atoms with Crippen LogP contribution < -0.4 is 21.1 Å². The lowest BCUT2D eigenvalue weighted by Gasteiger charge is -2.25. The molecule has 4 N–H and O–H groups in total. The van der Waals surface area contributed by atoms with Crippen molar-refractivity contribution in [1.29, 1.82) is 0 Å². The van der Waals surface area contributed by atoms with E-state index in [4.69, 9.17) is 10.5 Å². The molecule has 0 radical (unpaired) electrons. The van der Waals surface area contributed by atoms with Crippen LogP contribution in [-0.2, 0) is 0 Å². The summed E-state index contributed by atoms with van der Waals surface area (Å²) in [6.45, 7) is 2.69. The van der Waals surface area contributed by atoms with Crippen molar-refractivity contribution in [3.8, 4) is 5.75 Å². The van der Waals surface area contributed by atoms with Crippen molar-refractivity contribution < 1.29 is 27.5 Å². The Morgan fingerprint density at radius 1 is 1.26 bits per heavy atom. The second kappa shape index (κ2) is 7.21. The van der Waals surface area contributed by atoms with Crippen LogP contribution in [0.25, 0.3) is 0 Å². The highest BCUT2D eigenvalue weighted by molar-refractivity contribution is 5.98. The van der Waals surface area contributed by atoms with Crippen molar-refractivity contribution in [2.45, 2.75) is 26.1 Å². The summed E-state index contributed by atoms with van der Waals surface area (Å²) in [6, 6.07) is 0.943. The first-order chi connectivity index (χ1) is 10.6. The maximum atomic E-state index is 12.8. The molecule has 9 heteroatoms. The van der Waals surface area contributed by atoms with E-state index in [9.17, 15) is 22.8 Å². The zero-order valence-electron chi connectivity index (χ0n) is 12.8. The minimum atomic E-state index is -4.57. The fourth-order valence-corrected chi connectivity index (χ4v) is 1.91. The average Bonchev–Trinajstić information content (AvgIpc) is 2.43. The van der Waals surface area contributed by atoms with Gasteiger partial charge in [-0.1, -0.05) is 13.8 Å². The van der Waals surface area contributed by atoms with Crippen molar-refractivity contribution in [3.05, 3.63) is 23.8 Å². The summed E-state index contributed by atoms with van der Waals surface area (Å²) in [5.74, 6) is -1.43. The van der Waals surface area contributed by atoms with Gasteiger partial charge in [0.15, 0.2) is 0 Å². The highest BCUT2D eigenvalue weighted by Gasteiger charge is 2.42. The molecule has 0 aliphatic rings. The van der Waals surface area contributed by atoms with Gasteiger partial charge in [-0.25, -0.2) is 4.79 Å². The van der Waals surface area contributed by atoms with Gasteiger partial charge in [0.05, 0.1) is 12.7 Å². The number of anilines is 1. The Hall–Kier alpha value is -2.45. The second-order valence-electron chi connectivity index (χ2n) is 5.14. The van der Waals surface area contributed by atoms with E-state index in [1.165, 1.54) is 39.2 Å². The van der Waals surface area contributed by atoms with E-state index in [0.717, 1.165) is 0 Å². The highest BCUT2D eigenvalue weighted by Crippen LogP contribution is 2.26. The number of ether oxygens (including phenoxy) is 1. The normalized spacial score (nSPS) is 12.7. The van der Waals surface area contributed by atoms with E-state index in [0.29, 0.717) is 0 Å². The van der Waals surface area contributed by atoms with Gasteiger partial charge >= 0.3 is 12.2 Å². The van der Waals surface area contributed by atoms with E-state index < -0.39 is 30.1 Å². The Kier molecular flexibility index (Phi) is 5.83.